The molecule has 0 bridgehead atoms. The predicted octanol–water partition coefficient (Wildman–Crippen LogP) is 1.71. The summed E-state index contributed by atoms with van der Waals surface area (Å²) in [6, 6.07) is 5.29. The van der Waals surface area contributed by atoms with Crippen molar-refractivity contribution in [2.45, 2.75) is 19.8 Å². The van der Waals surface area contributed by atoms with Gasteiger partial charge in [0.2, 0.25) is 0 Å². The fraction of sp³-hybridized carbons (Fsp3) is 0.462. The molecular weight excluding hydrogens is 218 g/mol. The zero-order chi connectivity index (χ0) is 12.3. The van der Waals surface area contributed by atoms with Crippen molar-refractivity contribution in [3.63, 3.8) is 0 Å². The van der Waals surface area contributed by atoms with E-state index >= 15 is 0 Å². The van der Waals surface area contributed by atoms with Crippen LogP contribution in [0.2, 0.25) is 0 Å². The molecule has 0 saturated carbocycles. The summed E-state index contributed by atoms with van der Waals surface area (Å²) in [6.07, 6.45) is 1.94. The number of benzene rings is 1. The smallest absolute Gasteiger partial charge is 0.325 e. The van der Waals surface area contributed by atoms with E-state index in [1.807, 2.05) is 11.0 Å². The van der Waals surface area contributed by atoms with Gasteiger partial charge in [-0.2, -0.15) is 0 Å². The molecule has 4 nitrogen and oxygen atoms in total. The highest BCUT2D eigenvalue weighted by Crippen LogP contribution is 2.29. The van der Waals surface area contributed by atoms with E-state index in [-0.39, 0.29) is 18.3 Å². The number of hydrogen-bond acceptors (Lipinski definition) is 4. The van der Waals surface area contributed by atoms with Crippen molar-refractivity contribution in [2.24, 2.45) is 0 Å². The van der Waals surface area contributed by atoms with E-state index in [9.17, 15) is 9.90 Å². The van der Waals surface area contributed by atoms with Gasteiger partial charge in [0.1, 0.15) is 12.3 Å². The van der Waals surface area contributed by atoms with Crippen LogP contribution in [0.15, 0.2) is 18.2 Å². The first-order valence-electron chi connectivity index (χ1n) is 5.93. The Labute approximate surface area is 101 Å². The van der Waals surface area contributed by atoms with Gasteiger partial charge in [-0.1, -0.05) is 0 Å². The van der Waals surface area contributed by atoms with E-state index in [2.05, 4.69) is 0 Å². The number of aromatic hydroxyl groups is 1. The van der Waals surface area contributed by atoms with E-state index in [1.165, 1.54) is 0 Å². The second kappa shape index (κ2) is 5.08. The number of carbonyl (C=O) groups excluding carboxylic acids is 1. The molecule has 2 rings (SSSR count). The maximum absolute atomic E-state index is 11.5. The van der Waals surface area contributed by atoms with Crippen molar-refractivity contribution in [2.75, 3.05) is 24.6 Å². The SMILES string of the molecule is CCOC(=O)CN1CCCc2cc(O)ccc21. The van der Waals surface area contributed by atoms with E-state index in [4.69, 9.17) is 4.74 Å². The largest absolute Gasteiger partial charge is 0.508 e. The molecule has 1 aromatic carbocycles. The third-order valence-corrected chi connectivity index (χ3v) is 2.90. The lowest BCUT2D eigenvalue weighted by molar-refractivity contribution is -0.141. The first kappa shape index (κ1) is 11.8. The monoisotopic (exact) mass is 235 g/mol. The fourth-order valence-electron chi connectivity index (χ4n) is 2.19. The highest BCUT2D eigenvalue weighted by atomic mass is 16.5. The van der Waals surface area contributed by atoms with Crippen LogP contribution in [0.1, 0.15) is 18.9 Å². The number of anilines is 1. The number of rotatable bonds is 3. The van der Waals surface area contributed by atoms with Gasteiger partial charge in [-0.25, -0.2) is 0 Å². The maximum Gasteiger partial charge on any atom is 0.325 e. The summed E-state index contributed by atoms with van der Waals surface area (Å²) >= 11 is 0. The van der Waals surface area contributed by atoms with Gasteiger partial charge in [0.15, 0.2) is 0 Å². The number of carbonyl (C=O) groups is 1. The van der Waals surface area contributed by atoms with Crippen LogP contribution in [0.25, 0.3) is 0 Å². The lowest BCUT2D eigenvalue weighted by Gasteiger charge is -2.30. The van der Waals surface area contributed by atoms with E-state index in [0.29, 0.717) is 6.61 Å². The number of nitrogens with zero attached hydrogens (tertiary/aromatic N) is 1. The van der Waals surface area contributed by atoms with Crippen molar-refractivity contribution in [3.05, 3.63) is 23.8 Å². The van der Waals surface area contributed by atoms with Crippen LogP contribution in [0.3, 0.4) is 0 Å². The van der Waals surface area contributed by atoms with Crippen LogP contribution in [-0.4, -0.2) is 30.8 Å². The summed E-state index contributed by atoms with van der Waals surface area (Å²) in [7, 11) is 0. The first-order chi connectivity index (χ1) is 8.20. The van der Waals surface area contributed by atoms with Crippen LogP contribution < -0.4 is 4.90 Å². The quantitative estimate of drug-likeness (QED) is 0.810. The highest BCUT2D eigenvalue weighted by molar-refractivity contribution is 5.76. The molecule has 1 heterocycles. The average Bonchev–Trinajstić information content (AvgIpc) is 2.29. The third-order valence-electron chi connectivity index (χ3n) is 2.90. The lowest BCUT2D eigenvalue weighted by atomic mass is 10.0. The molecule has 17 heavy (non-hydrogen) atoms. The molecule has 1 aliphatic rings. The predicted molar refractivity (Wildman–Crippen MR) is 65.3 cm³/mol. The molecule has 0 fully saturated rings. The van der Waals surface area contributed by atoms with Crippen molar-refractivity contribution in [3.8, 4) is 5.75 Å². The Kier molecular flexibility index (Phi) is 3.52. The summed E-state index contributed by atoms with van der Waals surface area (Å²) in [5.41, 5.74) is 2.13. The number of aryl methyl sites for hydroxylation is 1. The first-order valence-corrected chi connectivity index (χ1v) is 5.93. The molecule has 1 aliphatic heterocycles. The summed E-state index contributed by atoms with van der Waals surface area (Å²) in [6.45, 7) is 3.36. The number of esters is 1. The Bertz CT molecular complexity index is 417. The minimum Gasteiger partial charge on any atom is -0.508 e. The molecular formula is C13H17NO3. The van der Waals surface area contributed by atoms with Gasteiger partial charge < -0.3 is 14.7 Å². The number of fused-ring (bicyclic) bond motifs is 1. The van der Waals surface area contributed by atoms with Crippen LogP contribution in [0, 0.1) is 0 Å². The van der Waals surface area contributed by atoms with Gasteiger partial charge in [0.05, 0.1) is 6.61 Å². The van der Waals surface area contributed by atoms with Crippen molar-refractivity contribution in [1.82, 2.24) is 0 Å². The molecule has 0 atom stereocenters. The molecule has 92 valence electrons. The Morgan fingerprint density at radius 3 is 3.12 bits per heavy atom. The zero-order valence-corrected chi connectivity index (χ0v) is 9.98. The minimum atomic E-state index is -0.201. The highest BCUT2D eigenvalue weighted by Gasteiger charge is 2.19. The Balaban J connectivity index is 2.14. The standard InChI is InChI=1S/C13H17NO3/c1-2-17-13(16)9-14-7-3-4-10-8-11(15)5-6-12(10)14/h5-6,8,15H,2-4,7,9H2,1H3. The van der Waals surface area contributed by atoms with Gasteiger partial charge in [0, 0.05) is 12.2 Å². The molecule has 0 aromatic heterocycles. The molecule has 0 amide bonds. The van der Waals surface area contributed by atoms with Gasteiger partial charge in [-0.15, -0.1) is 0 Å². The second-order valence-electron chi connectivity index (χ2n) is 4.14. The summed E-state index contributed by atoms with van der Waals surface area (Å²) in [4.78, 5) is 13.5. The van der Waals surface area contributed by atoms with Gasteiger partial charge in [-0.3, -0.25) is 4.79 Å². The van der Waals surface area contributed by atoms with E-state index < -0.39 is 0 Å². The van der Waals surface area contributed by atoms with E-state index in [0.717, 1.165) is 30.6 Å². The van der Waals surface area contributed by atoms with Gasteiger partial charge in [-0.05, 0) is 43.5 Å². The zero-order valence-electron chi connectivity index (χ0n) is 9.98. The maximum atomic E-state index is 11.5. The molecule has 1 N–H and O–H groups in total. The van der Waals surface area contributed by atoms with Crippen molar-refractivity contribution in [1.29, 1.82) is 0 Å². The molecule has 0 spiro atoms. The van der Waals surface area contributed by atoms with Crippen LogP contribution in [0.5, 0.6) is 5.75 Å². The van der Waals surface area contributed by atoms with Crippen LogP contribution in [-0.2, 0) is 16.0 Å². The van der Waals surface area contributed by atoms with Gasteiger partial charge in [0.25, 0.3) is 0 Å². The van der Waals surface area contributed by atoms with Crippen LogP contribution >= 0.6 is 0 Å². The Morgan fingerprint density at radius 2 is 2.35 bits per heavy atom. The summed E-state index contributed by atoms with van der Waals surface area (Å²) in [5.74, 6) is 0.0789. The van der Waals surface area contributed by atoms with E-state index in [1.54, 1.807) is 19.1 Å². The minimum absolute atomic E-state index is 0.201. The number of phenolic OH excluding ortho intramolecular Hbond substituents is 1. The molecule has 0 unspecified atom stereocenters. The Hall–Kier alpha value is -1.71. The topological polar surface area (TPSA) is 49.8 Å². The Morgan fingerprint density at radius 1 is 1.53 bits per heavy atom. The normalized spacial score (nSPS) is 14.3. The van der Waals surface area contributed by atoms with Crippen LogP contribution in [0.4, 0.5) is 5.69 Å². The second-order valence-corrected chi connectivity index (χ2v) is 4.14. The fourth-order valence-corrected chi connectivity index (χ4v) is 2.19. The lowest BCUT2D eigenvalue weighted by Crippen LogP contribution is -2.35. The number of ether oxygens (including phenoxy) is 1. The molecule has 4 heteroatoms. The van der Waals surface area contributed by atoms with Crippen molar-refractivity contribution >= 4 is 11.7 Å². The average molecular weight is 235 g/mol. The molecule has 0 radical (unpaired) electrons. The number of hydrogen-bond donors (Lipinski definition) is 1. The molecule has 0 aliphatic carbocycles. The van der Waals surface area contributed by atoms with Gasteiger partial charge >= 0.3 is 5.97 Å². The molecule has 1 aromatic rings. The molecule has 0 saturated heterocycles. The summed E-state index contributed by atoms with van der Waals surface area (Å²) in [5, 5.41) is 9.43. The van der Waals surface area contributed by atoms with Crippen molar-refractivity contribution < 1.29 is 14.6 Å². The number of phenols is 1. The third kappa shape index (κ3) is 2.70. The summed E-state index contributed by atoms with van der Waals surface area (Å²) < 4.78 is 4.95.